The average Bonchev–Trinajstić information content (AvgIpc) is 2.07. The summed E-state index contributed by atoms with van der Waals surface area (Å²) >= 11 is 7.46. The highest BCUT2D eigenvalue weighted by Gasteiger charge is 2.10. The number of halogens is 1. The maximum Gasteiger partial charge on any atom is 0.113 e. The Bertz CT molecular complexity index is 390. The molecule has 0 spiro atoms. The minimum atomic E-state index is 0.0533. The molecule has 84 valence electrons. The molecule has 2 nitrogen and oxygen atoms in total. The third-order valence-electron chi connectivity index (χ3n) is 1.73. The summed E-state index contributed by atoms with van der Waals surface area (Å²) in [5, 5.41) is 4.67. The van der Waals surface area contributed by atoms with Crippen LogP contribution in [0.4, 0.5) is 5.69 Å². The van der Waals surface area contributed by atoms with E-state index in [1.807, 2.05) is 13.0 Å². The molecule has 0 unspecified atom stereocenters. The largest absolute Gasteiger partial charge is 0.142 e. The van der Waals surface area contributed by atoms with Crippen LogP contribution in [0.5, 0.6) is 0 Å². The molecule has 1 aromatic carbocycles. The van der Waals surface area contributed by atoms with E-state index in [-0.39, 0.29) is 4.75 Å². The fourth-order valence-electron chi connectivity index (χ4n) is 1.07. The van der Waals surface area contributed by atoms with Crippen LogP contribution in [0.1, 0.15) is 26.3 Å². The molecular formula is C11H14BClN2S. The molecule has 0 bridgehead atoms. The molecule has 0 aliphatic rings. The van der Waals surface area contributed by atoms with Gasteiger partial charge in [0.25, 0.3) is 0 Å². The van der Waals surface area contributed by atoms with E-state index in [1.54, 1.807) is 6.07 Å². The maximum absolute atomic E-state index is 6.04. The van der Waals surface area contributed by atoms with Gasteiger partial charge in [-0.3, -0.25) is 0 Å². The summed E-state index contributed by atoms with van der Waals surface area (Å²) < 4.78 is 4.13. The lowest BCUT2D eigenvalue weighted by Crippen LogP contribution is -2.04. The molecule has 5 heteroatoms. The van der Waals surface area contributed by atoms with E-state index >= 15 is 0 Å². The molecule has 0 aliphatic carbocycles. The number of aryl methyl sites for hydroxylation is 1. The van der Waals surface area contributed by atoms with Crippen molar-refractivity contribution in [2.24, 2.45) is 9.63 Å². The van der Waals surface area contributed by atoms with Gasteiger partial charge in [0.2, 0.25) is 0 Å². The topological polar surface area (TPSA) is 24.7 Å². The van der Waals surface area contributed by atoms with Crippen LogP contribution in [0, 0.1) is 6.92 Å². The molecule has 1 rings (SSSR count). The van der Waals surface area contributed by atoms with Gasteiger partial charge < -0.3 is 0 Å². The first kappa shape index (κ1) is 13.6. The van der Waals surface area contributed by atoms with Gasteiger partial charge in [-0.15, -0.1) is 9.63 Å². The first-order valence-electron chi connectivity index (χ1n) is 4.94. The van der Waals surface area contributed by atoms with Crippen LogP contribution in [0.3, 0.4) is 0 Å². The zero-order valence-electron chi connectivity index (χ0n) is 9.91. The number of nitrogens with zero attached hydrogens (tertiary/aromatic N) is 2. The van der Waals surface area contributed by atoms with Crippen LogP contribution in [-0.4, -0.2) is 12.6 Å². The van der Waals surface area contributed by atoms with Crippen molar-refractivity contribution in [1.29, 1.82) is 0 Å². The minimum Gasteiger partial charge on any atom is -0.142 e. The maximum atomic E-state index is 6.04. The van der Waals surface area contributed by atoms with Crippen molar-refractivity contribution in [1.82, 2.24) is 0 Å². The van der Waals surface area contributed by atoms with Gasteiger partial charge in [0.1, 0.15) is 13.5 Å². The van der Waals surface area contributed by atoms with Crippen LogP contribution < -0.4 is 5.46 Å². The number of rotatable bonds is 2. The fourth-order valence-corrected chi connectivity index (χ4v) is 1.75. The molecule has 0 saturated carbocycles. The smallest absolute Gasteiger partial charge is 0.113 e. The van der Waals surface area contributed by atoms with E-state index in [9.17, 15) is 0 Å². The zero-order chi connectivity index (χ0) is 12.3. The quantitative estimate of drug-likeness (QED) is 0.444. The Labute approximate surface area is 107 Å². The van der Waals surface area contributed by atoms with Gasteiger partial charge in [-0.25, -0.2) is 0 Å². The highest BCUT2D eigenvalue weighted by atomic mass is 35.5. The second kappa shape index (κ2) is 5.24. The summed E-state index contributed by atoms with van der Waals surface area (Å²) in [4.78, 5) is 0. The Hall–Kier alpha value is -0.475. The van der Waals surface area contributed by atoms with Crippen LogP contribution in [0.15, 0.2) is 21.8 Å². The molecular weight excluding hydrogens is 238 g/mol. The number of benzene rings is 1. The Kier molecular flexibility index (Phi) is 4.45. The molecule has 0 heterocycles. The predicted octanol–water partition coefficient (Wildman–Crippen LogP) is 3.97. The van der Waals surface area contributed by atoms with E-state index in [0.29, 0.717) is 16.2 Å². The molecule has 0 aromatic heterocycles. The van der Waals surface area contributed by atoms with E-state index in [1.165, 1.54) is 11.9 Å². The molecule has 1 aromatic rings. The van der Waals surface area contributed by atoms with Crippen LogP contribution in [0.2, 0.25) is 5.02 Å². The summed E-state index contributed by atoms with van der Waals surface area (Å²) in [6.07, 6.45) is 0. The van der Waals surface area contributed by atoms with Crippen molar-refractivity contribution in [3.63, 3.8) is 0 Å². The van der Waals surface area contributed by atoms with Crippen molar-refractivity contribution in [2.75, 3.05) is 0 Å². The van der Waals surface area contributed by atoms with Gasteiger partial charge in [0.05, 0.1) is 5.02 Å². The van der Waals surface area contributed by atoms with Gasteiger partial charge in [-0.1, -0.05) is 23.1 Å². The summed E-state index contributed by atoms with van der Waals surface area (Å²) in [6.45, 7) is 8.15. The monoisotopic (exact) mass is 252 g/mol. The molecule has 0 N–H and O–H groups in total. The Morgan fingerprint density at radius 1 is 1.31 bits per heavy atom. The third kappa shape index (κ3) is 4.18. The van der Waals surface area contributed by atoms with E-state index < -0.39 is 0 Å². The van der Waals surface area contributed by atoms with Gasteiger partial charge in [-0.05, 0) is 39.3 Å². The summed E-state index contributed by atoms with van der Waals surface area (Å²) in [5.74, 6) is 0. The highest BCUT2D eigenvalue weighted by Crippen LogP contribution is 2.31. The van der Waals surface area contributed by atoms with Gasteiger partial charge >= 0.3 is 0 Å². The van der Waals surface area contributed by atoms with Gasteiger partial charge in [-0.2, -0.15) is 0 Å². The summed E-state index contributed by atoms with van der Waals surface area (Å²) in [7, 11) is 5.66. The lowest BCUT2D eigenvalue weighted by molar-refractivity contribution is 0.802. The minimum absolute atomic E-state index is 0.0533. The van der Waals surface area contributed by atoms with Crippen LogP contribution >= 0.6 is 23.5 Å². The van der Waals surface area contributed by atoms with Crippen LogP contribution in [0.25, 0.3) is 0 Å². The van der Waals surface area contributed by atoms with Crippen LogP contribution in [-0.2, 0) is 0 Å². The van der Waals surface area contributed by atoms with E-state index in [2.05, 4.69) is 30.4 Å². The van der Waals surface area contributed by atoms with Crippen molar-refractivity contribution >= 4 is 42.5 Å². The lowest BCUT2D eigenvalue weighted by atomic mass is 9.94. The average molecular weight is 253 g/mol. The normalized spacial score (nSPS) is 12.3. The molecule has 0 aliphatic heterocycles. The van der Waals surface area contributed by atoms with Crippen molar-refractivity contribution < 1.29 is 0 Å². The first-order valence-corrected chi connectivity index (χ1v) is 6.09. The zero-order valence-corrected chi connectivity index (χ0v) is 11.5. The standard InChI is InChI=1S/C11H14BClN2S/c1-7-5-8(12)6-9(13)10(7)14-15-16-11(2,3)4/h5-6H,1-4H3. The Balaban J connectivity index is 2.90. The lowest BCUT2D eigenvalue weighted by Gasteiger charge is -2.11. The summed E-state index contributed by atoms with van der Waals surface area (Å²) in [6, 6.07) is 3.52. The number of hydrogen-bond donors (Lipinski definition) is 0. The van der Waals surface area contributed by atoms with E-state index in [0.717, 1.165) is 5.56 Å². The highest BCUT2D eigenvalue weighted by molar-refractivity contribution is 7.99. The second-order valence-corrected chi connectivity index (χ2v) is 6.53. The molecule has 0 amide bonds. The number of hydrogen-bond acceptors (Lipinski definition) is 3. The van der Waals surface area contributed by atoms with Crippen molar-refractivity contribution in [3.05, 3.63) is 22.7 Å². The molecule has 2 radical (unpaired) electrons. The van der Waals surface area contributed by atoms with Gasteiger partial charge in [0.15, 0.2) is 0 Å². The Morgan fingerprint density at radius 3 is 2.44 bits per heavy atom. The Morgan fingerprint density at radius 2 is 1.94 bits per heavy atom. The second-order valence-electron chi connectivity index (χ2n) is 4.55. The SMILES string of the molecule is [B]c1cc(C)c(N=NSC(C)(C)C)c(Cl)c1. The first-order chi connectivity index (χ1) is 7.29. The third-order valence-corrected chi connectivity index (χ3v) is 2.73. The van der Waals surface area contributed by atoms with E-state index in [4.69, 9.17) is 19.4 Å². The summed E-state index contributed by atoms with van der Waals surface area (Å²) in [5.41, 5.74) is 2.26. The molecule has 0 fully saturated rings. The molecule has 0 saturated heterocycles. The van der Waals surface area contributed by atoms with Gasteiger partial charge in [0, 0.05) is 16.7 Å². The van der Waals surface area contributed by atoms with Crippen molar-refractivity contribution in [3.8, 4) is 0 Å². The molecule has 16 heavy (non-hydrogen) atoms. The fraction of sp³-hybridized carbons (Fsp3) is 0.455. The predicted molar refractivity (Wildman–Crippen MR) is 73.4 cm³/mol. The molecule has 0 atom stereocenters. The van der Waals surface area contributed by atoms with Crippen molar-refractivity contribution in [2.45, 2.75) is 32.4 Å².